The third-order valence-corrected chi connectivity index (χ3v) is 4.52. The maximum Gasteiger partial charge on any atom is 0.138 e. The van der Waals surface area contributed by atoms with Crippen LogP contribution in [0.4, 0.5) is 5.69 Å². The molecular formula is C21H17N5. The Bertz CT molecular complexity index is 1220. The standard InChI is InChI=1S/C21H17N5/c22-15-7-9-17-19(12-15)26-21(25-17)14-6-8-16-18(11-14)24-20(23-16)10-13-4-2-1-3-5-13/h1-9,11-12H,10,22H2,(H,23,24)(H,25,26). The molecule has 0 fully saturated rings. The van der Waals surface area contributed by atoms with E-state index in [0.717, 1.165) is 51.4 Å². The number of hydrogen-bond donors (Lipinski definition) is 3. The number of anilines is 1. The van der Waals surface area contributed by atoms with E-state index < -0.39 is 0 Å². The third-order valence-electron chi connectivity index (χ3n) is 4.52. The molecule has 2 heterocycles. The van der Waals surface area contributed by atoms with Crippen molar-refractivity contribution in [3.63, 3.8) is 0 Å². The van der Waals surface area contributed by atoms with Gasteiger partial charge in [0.1, 0.15) is 11.6 Å². The smallest absolute Gasteiger partial charge is 0.138 e. The molecule has 26 heavy (non-hydrogen) atoms. The number of H-pyrrole nitrogens is 2. The van der Waals surface area contributed by atoms with Crippen molar-refractivity contribution in [2.24, 2.45) is 0 Å². The summed E-state index contributed by atoms with van der Waals surface area (Å²) in [5.74, 6) is 1.78. The van der Waals surface area contributed by atoms with Gasteiger partial charge in [-0.05, 0) is 42.0 Å². The molecule has 0 atom stereocenters. The van der Waals surface area contributed by atoms with Gasteiger partial charge in [0.25, 0.3) is 0 Å². The highest BCUT2D eigenvalue weighted by molar-refractivity contribution is 5.85. The van der Waals surface area contributed by atoms with E-state index in [1.54, 1.807) is 0 Å². The Morgan fingerprint density at radius 2 is 1.54 bits per heavy atom. The number of imidazole rings is 2. The van der Waals surface area contributed by atoms with E-state index >= 15 is 0 Å². The summed E-state index contributed by atoms with van der Waals surface area (Å²) in [6, 6.07) is 22.2. The van der Waals surface area contributed by atoms with Gasteiger partial charge in [-0.25, -0.2) is 9.97 Å². The lowest BCUT2D eigenvalue weighted by Crippen LogP contribution is -1.89. The van der Waals surface area contributed by atoms with Gasteiger partial charge in [-0.3, -0.25) is 0 Å². The molecule has 4 N–H and O–H groups in total. The second-order valence-corrected chi connectivity index (χ2v) is 6.44. The molecule has 0 aliphatic rings. The molecule has 0 saturated carbocycles. The van der Waals surface area contributed by atoms with Gasteiger partial charge < -0.3 is 15.7 Å². The van der Waals surface area contributed by atoms with Crippen LogP contribution in [-0.4, -0.2) is 19.9 Å². The summed E-state index contributed by atoms with van der Waals surface area (Å²) in [5, 5.41) is 0. The van der Waals surface area contributed by atoms with Crippen LogP contribution in [-0.2, 0) is 6.42 Å². The van der Waals surface area contributed by atoms with Gasteiger partial charge in [-0.1, -0.05) is 30.3 Å². The molecule has 5 rings (SSSR count). The monoisotopic (exact) mass is 339 g/mol. The second-order valence-electron chi connectivity index (χ2n) is 6.44. The number of nitrogens with two attached hydrogens (primary N) is 1. The molecule has 0 radical (unpaired) electrons. The minimum Gasteiger partial charge on any atom is -0.399 e. The number of aromatic nitrogens is 4. The highest BCUT2D eigenvalue weighted by Crippen LogP contribution is 2.25. The number of benzene rings is 3. The van der Waals surface area contributed by atoms with Crippen molar-refractivity contribution in [2.75, 3.05) is 5.73 Å². The zero-order chi connectivity index (χ0) is 17.5. The van der Waals surface area contributed by atoms with E-state index in [0.29, 0.717) is 0 Å². The first-order valence-corrected chi connectivity index (χ1v) is 8.53. The van der Waals surface area contributed by atoms with E-state index in [2.05, 4.69) is 33.2 Å². The predicted molar refractivity (Wildman–Crippen MR) is 105 cm³/mol. The van der Waals surface area contributed by atoms with E-state index in [9.17, 15) is 0 Å². The van der Waals surface area contributed by atoms with Crippen LogP contribution in [0.1, 0.15) is 11.4 Å². The Balaban J connectivity index is 1.52. The fourth-order valence-electron chi connectivity index (χ4n) is 3.25. The van der Waals surface area contributed by atoms with Gasteiger partial charge >= 0.3 is 0 Å². The lowest BCUT2D eigenvalue weighted by Gasteiger charge is -1.96. The summed E-state index contributed by atoms with van der Waals surface area (Å²) in [4.78, 5) is 16.1. The predicted octanol–water partition coefficient (Wildman–Crippen LogP) is 4.28. The van der Waals surface area contributed by atoms with Crippen LogP contribution >= 0.6 is 0 Å². The minimum absolute atomic E-state index is 0.724. The van der Waals surface area contributed by atoms with Gasteiger partial charge in [-0.2, -0.15) is 0 Å². The molecule has 0 bridgehead atoms. The lowest BCUT2D eigenvalue weighted by atomic mass is 10.1. The zero-order valence-electron chi connectivity index (χ0n) is 14.0. The van der Waals surface area contributed by atoms with Crippen LogP contribution in [0.25, 0.3) is 33.5 Å². The van der Waals surface area contributed by atoms with Crippen molar-refractivity contribution in [2.45, 2.75) is 6.42 Å². The fraction of sp³-hybridized carbons (Fsp3) is 0.0476. The average molecular weight is 339 g/mol. The SMILES string of the molecule is Nc1ccc2nc(-c3ccc4nc(Cc5ccccc5)[nH]c4c3)[nH]c2c1. The minimum atomic E-state index is 0.724. The van der Waals surface area contributed by atoms with Crippen molar-refractivity contribution >= 4 is 27.8 Å². The van der Waals surface area contributed by atoms with Crippen LogP contribution in [0.3, 0.4) is 0 Å². The Morgan fingerprint density at radius 3 is 2.42 bits per heavy atom. The number of fused-ring (bicyclic) bond motifs is 2. The molecule has 126 valence electrons. The highest BCUT2D eigenvalue weighted by Gasteiger charge is 2.09. The number of nitrogens with zero attached hydrogens (tertiary/aromatic N) is 2. The fourth-order valence-corrected chi connectivity index (χ4v) is 3.25. The molecule has 0 spiro atoms. The maximum absolute atomic E-state index is 5.85. The van der Waals surface area contributed by atoms with E-state index in [1.807, 2.05) is 48.5 Å². The number of aromatic amines is 2. The molecule has 0 saturated heterocycles. The normalized spacial score (nSPS) is 11.4. The molecule has 5 nitrogen and oxygen atoms in total. The number of hydrogen-bond acceptors (Lipinski definition) is 3. The molecule has 0 unspecified atom stereocenters. The highest BCUT2D eigenvalue weighted by atomic mass is 14.9. The Kier molecular flexibility index (Phi) is 3.25. The third kappa shape index (κ3) is 2.59. The zero-order valence-corrected chi connectivity index (χ0v) is 14.0. The number of nitrogens with one attached hydrogen (secondary N) is 2. The summed E-state index contributed by atoms with van der Waals surface area (Å²) in [7, 11) is 0. The average Bonchev–Trinajstić information content (AvgIpc) is 3.24. The summed E-state index contributed by atoms with van der Waals surface area (Å²) < 4.78 is 0. The summed E-state index contributed by atoms with van der Waals surface area (Å²) in [5.41, 5.74) is 12.6. The quantitative estimate of drug-likeness (QED) is 0.429. The van der Waals surface area contributed by atoms with Gasteiger partial charge in [0.05, 0.1) is 22.1 Å². The lowest BCUT2D eigenvalue weighted by molar-refractivity contribution is 1.04. The molecule has 0 amide bonds. The van der Waals surface area contributed by atoms with Gasteiger partial charge in [0.15, 0.2) is 0 Å². The van der Waals surface area contributed by atoms with Crippen molar-refractivity contribution in [1.82, 2.24) is 19.9 Å². The summed E-state index contributed by atoms with van der Waals surface area (Å²) >= 11 is 0. The topological polar surface area (TPSA) is 83.4 Å². The molecule has 0 aliphatic heterocycles. The largest absolute Gasteiger partial charge is 0.399 e. The van der Waals surface area contributed by atoms with Crippen LogP contribution in [0.5, 0.6) is 0 Å². The number of nitrogen functional groups attached to an aromatic ring is 1. The van der Waals surface area contributed by atoms with Crippen molar-refractivity contribution in [1.29, 1.82) is 0 Å². The van der Waals surface area contributed by atoms with Crippen molar-refractivity contribution in [3.8, 4) is 11.4 Å². The van der Waals surface area contributed by atoms with Gasteiger partial charge in [0, 0.05) is 17.7 Å². The number of rotatable bonds is 3. The van der Waals surface area contributed by atoms with E-state index in [1.165, 1.54) is 5.56 Å². The first kappa shape index (κ1) is 14.7. The Hall–Kier alpha value is -3.60. The second kappa shape index (κ2) is 5.74. The van der Waals surface area contributed by atoms with Crippen molar-refractivity contribution < 1.29 is 0 Å². The maximum atomic E-state index is 5.85. The molecule has 2 aromatic heterocycles. The van der Waals surface area contributed by atoms with Gasteiger partial charge in [-0.15, -0.1) is 0 Å². The first-order valence-electron chi connectivity index (χ1n) is 8.53. The molecule has 5 heteroatoms. The van der Waals surface area contributed by atoms with Crippen LogP contribution in [0.15, 0.2) is 66.7 Å². The van der Waals surface area contributed by atoms with Crippen LogP contribution < -0.4 is 5.73 Å². The summed E-state index contributed by atoms with van der Waals surface area (Å²) in [6.45, 7) is 0. The molecule has 3 aromatic carbocycles. The summed E-state index contributed by atoms with van der Waals surface area (Å²) in [6.07, 6.45) is 0.786. The Labute approximate surface area is 149 Å². The Morgan fingerprint density at radius 1 is 0.769 bits per heavy atom. The van der Waals surface area contributed by atoms with Gasteiger partial charge in [0.2, 0.25) is 0 Å². The van der Waals surface area contributed by atoms with E-state index in [-0.39, 0.29) is 0 Å². The van der Waals surface area contributed by atoms with Crippen LogP contribution in [0, 0.1) is 0 Å². The van der Waals surface area contributed by atoms with E-state index in [4.69, 9.17) is 10.7 Å². The molecule has 0 aliphatic carbocycles. The van der Waals surface area contributed by atoms with Crippen LogP contribution in [0.2, 0.25) is 0 Å². The first-order chi connectivity index (χ1) is 12.7. The molecule has 5 aromatic rings. The molecular weight excluding hydrogens is 322 g/mol. The van der Waals surface area contributed by atoms with Crippen molar-refractivity contribution in [3.05, 3.63) is 78.1 Å².